The lowest BCUT2D eigenvalue weighted by Crippen LogP contribution is -2.28. The van der Waals surface area contributed by atoms with Crippen LogP contribution in [-0.4, -0.2) is 30.2 Å². The van der Waals surface area contributed by atoms with Crippen LogP contribution in [0, 0.1) is 6.92 Å². The summed E-state index contributed by atoms with van der Waals surface area (Å²) in [5.41, 5.74) is 6.21. The van der Waals surface area contributed by atoms with Crippen LogP contribution in [0.5, 0.6) is 0 Å². The Bertz CT molecular complexity index is 910. The number of aryl methyl sites for hydroxylation is 1. The number of benzene rings is 1. The van der Waals surface area contributed by atoms with E-state index in [1.54, 1.807) is 0 Å². The first kappa shape index (κ1) is 15.5. The molecule has 0 unspecified atom stereocenters. The summed E-state index contributed by atoms with van der Waals surface area (Å²) in [6.07, 6.45) is 1.94. The van der Waals surface area contributed by atoms with Crippen molar-refractivity contribution in [2.24, 2.45) is 0 Å². The molecule has 3 heterocycles. The number of hydrogen-bond donors (Lipinski definition) is 1. The summed E-state index contributed by atoms with van der Waals surface area (Å²) < 4.78 is 2.44. The Morgan fingerprint density at radius 3 is 2.79 bits per heavy atom. The predicted molar refractivity (Wildman–Crippen MR) is 101 cm³/mol. The van der Waals surface area contributed by atoms with E-state index in [2.05, 4.69) is 46.1 Å². The lowest BCUT2D eigenvalue weighted by molar-refractivity contribution is 0.525. The SMILES string of the molecule is Cc1c2n(c3c(-c4ccc(N(C)C)nc4)cc(Cl)cc13)CCNC2. The quantitative estimate of drug-likeness (QED) is 0.769. The van der Waals surface area contributed by atoms with E-state index in [9.17, 15) is 0 Å². The van der Waals surface area contributed by atoms with Crippen LogP contribution in [0.1, 0.15) is 11.3 Å². The van der Waals surface area contributed by atoms with Crippen molar-refractivity contribution in [2.75, 3.05) is 25.5 Å². The van der Waals surface area contributed by atoms with Gasteiger partial charge in [-0.2, -0.15) is 0 Å². The lowest BCUT2D eigenvalue weighted by Gasteiger charge is -2.19. The van der Waals surface area contributed by atoms with Gasteiger partial charge in [-0.05, 0) is 36.8 Å². The molecule has 4 nitrogen and oxygen atoms in total. The first-order valence-corrected chi connectivity index (χ1v) is 8.59. The van der Waals surface area contributed by atoms with E-state index in [-0.39, 0.29) is 0 Å². The largest absolute Gasteiger partial charge is 0.363 e. The molecule has 1 aromatic carbocycles. The normalized spacial score (nSPS) is 14.0. The molecule has 24 heavy (non-hydrogen) atoms. The minimum Gasteiger partial charge on any atom is -0.363 e. The highest BCUT2D eigenvalue weighted by molar-refractivity contribution is 6.32. The molecule has 1 aliphatic heterocycles. The smallest absolute Gasteiger partial charge is 0.127 e. The van der Waals surface area contributed by atoms with Crippen LogP contribution in [0.15, 0.2) is 30.5 Å². The molecule has 2 aromatic heterocycles. The summed E-state index contributed by atoms with van der Waals surface area (Å²) in [5, 5.41) is 5.48. The second-order valence-corrected chi connectivity index (χ2v) is 6.99. The molecule has 1 aliphatic rings. The summed E-state index contributed by atoms with van der Waals surface area (Å²) in [6, 6.07) is 8.33. The summed E-state index contributed by atoms with van der Waals surface area (Å²) >= 11 is 6.44. The minimum atomic E-state index is 0.771. The molecule has 0 atom stereocenters. The zero-order valence-corrected chi connectivity index (χ0v) is 15.0. The molecule has 4 rings (SSSR count). The molecule has 0 fully saturated rings. The Kier molecular flexibility index (Phi) is 3.74. The molecule has 5 heteroatoms. The van der Waals surface area contributed by atoms with Crippen molar-refractivity contribution in [1.29, 1.82) is 0 Å². The molecular weight excluding hydrogens is 320 g/mol. The molecule has 124 valence electrons. The van der Waals surface area contributed by atoms with Crippen molar-refractivity contribution in [1.82, 2.24) is 14.9 Å². The highest BCUT2D eigenvalue weighted by Crippen LogP contribution is 2.37. The molecule has 0 saturated carbocycles. The maximum atomic E-state index is 6.44. The van der Waals surface area contributed by atoms with Gasteiger partial charge in [-0.1, -0.05) is 11.6 Å². The van der Waals surface area contributed by atoms with Crippen LogP contribution >= 0.6 is 11.6 Å². The van der Waals surface area contributed by atoms with E-state index in [1.807, 2.05) is 25.2 Å². The number of rotatable bonds is 2. The van der Waals surface area contributed by atoms with E-state index < -0.39 is 0 Å². The first-order valence-electron chi connectivity index (χ1n) is 8.22. The third kappa shape index (κ3) is 2.38. The summed E-state index contributed by atoms with van der Waals surface area (Å²) in [7, 11) is 4.00. The third-order valence-electron chi connectivity index (χ3n) is 4.83. The zero-order chi connectivity index (χ0) is 16.8. The van der Waals surface area contributed by atoms with Gasteiger partial charge in [0.1, 0.15) is 5.82 Å². The predicted octanol–water partition coefficient (Wildman–Crippen LogP) is 3.83. The molecule has 0 spiro atoms. The van der Waals surface area contributed by atoms with Gasteiger partial charge < -0.3 is 14.8 Å². The topological polar surface area (TPSA) is 33.1 Å². The molecule has 0 amide bonds. The summed E-state index contributed by atoms with van der Waals surface area (Å²) in [5.74, 6) is 0.953. The Balaban J connectivity index is 1.97. The highest BCUT2D eigenvalue weighted by Gasteiger charge is 2.20. The number of nitrogens with zero attached hydrogens (tertiary/aromatic N) is 3. The van der Waals surface area contributed by atoms with E-state index >= 15 is 0 Å². The van der Waals surface area contributed by atoms with Gasteiger partial charge in [-0.25, -0.2) is 4.98 Å². The maximum Gasteiger partial charge on any atom is 0.127 e. The fraction of sp³-hybridized carbons (Fsp3) is 0.316. The van der Waals surface area contributed by atoms with Gasteiger partial charge in [0.2, 0.25) is 0 Å². The van der Waals surface area contributed by atoms with Crippen LogP contribution in [0.25, 0.3) is 22.0 Å². The first-order chi connectivity index (χ1) is 11.6. The van der Waals surface area contributed by atoms with Gasteiger partial charge in [0.25, 0.3) is 0 Å². The second kappa shape index (κ2) is 5.80. The van der Waals surface area contributed by atoms with Gasteiger partial charge in [0.15, 0.2) is 0 Å². The Morgan fingerprint density at radius 2 is 2.08 bits per heavy atom. The van der Waals surface area contributed by atoms with Crippen molar-refractivity contribution in [3.05, 3.63) is 46.7 Å². The average Bonchev–Trinajstić information content (AvgIpc) is 2.87. The van der Waals surface area contributed by atoms with Gasteiger partial charge >= 0.3 is 0 Å². The van der Waals surface area contributed by atoms with Gasteiger partial charge in [0, 0.05) is 67.2 Å². The van der Waals surface area contributed by atoms with E-state index in [0.29, 0.717) is 0 Å². The van der Waals surface area contributed by atoms with Crippen molar-refractivity contribution >= 4 is 28.3 Å². The number of halogens is 1. The number of aromatic nitrogens is 2. The molecular formula is C19H21ClN4. The van der Waals surface area contributed by atoms with E-state index in [0.717, 1.165) is 41.6 Å². The number of anilines is 1. The monoisotopic (exact) mass is 340 g/mol. The van der Waals surface area contributed by atoms with Gasteiger partial charge in [-0.3, -0.25) is 0 Å². The Labute approximate surface area is 147 Å². The van der Waals surface area contributed by atoms with E-state index in [1.165, 1.54) is 22.2 Å². The van der Waals surface area contributed by atoms with E-state index in [4.69, 9.17) is 11.6 Å². The van der Waals surface area contributed by atoms with Gasteiger partial charge in [0.05, 0.1) is 5.52 Å². The molecule has 0 radical (unpaired) electrons. The number of pyridine rings is 1. The molecule has 0 bridgehead atoms. The number of nitrogens with one attached hydrogen (secondary N) is 1. The van der Waals surface area contributed by atoms with Crippen molar-refractivity contribution in [3.8, 4) is 11.1 Å². The van der Waals surface area contributed by atoms with Crippen LogP contribution in [-0.2, 0) is 13.1 Å². The number of hydrogen-bond acceptors (Lipinski definition) is 3. The maximum absolute atomic E-state index is 6.44. The fourth-order valence-corrected chi connectivity index (χ4v) is 3.79. The van der Waals surface area contributed by atoms with Crippen molar-refractivity contribution in [3.63, 3.8) is 0 Å². The van der Waals surface area contributed by atoms with Crippen LogP contribution in [0.3, 0.4) is 0 Å². The van der Waals surface area contributed by atoms with Crippen LogP contribution in [0.4, 0.5) is 5.82 Å². The van der Waals surface area contributed by atoms with Gasteiger partial charge in [-0.15, -0.1) is 0 Å². The van der Waals surface area contributed by atoms with Crippen LogP contribution < -0.4 is 10.2 Å². The Morgan fingerprint density at radius 1 is 1.25 bits per heavy atom. The molecule has 0 aliphatic carbocycles. The highest BCUT2D eigenvalue weighted by atomic mass is 35.5. The zero-order valence-electron chi connectivity index (χ0n) is 14.2. The summed E-state index contributed by atoms with van der Waals surface area (Å²) in [6.45, 7) is 5.08. The third-order valence-corrected chi connectivity index (χ3v) is 5.05. The molecule has 3 aromatic rings. The average molecular weight is 341 g/mol. The Hall–Kier alpha value is -2.04. The van der Waals surface area contributed by atoms with Crippen molar-refractivity contribution < 1.29 is 0 Å². The van der Waals surface area contributed by atoms with Crippen molar-refractivity contribution in [2.45, 2.75) is 20.0 Å². The minimum absolute atomic E-state index is 0.771. The fourth-order valence-electron chi connectivity index (χ4n) is 3.57. The lowest BCUT2D eigenvalue weighted by atomic mass is 10.0. The van der Waals surface area contributed by atoms with Crippen LogP contribution in [0.2, 0.25) is 5.02 Å². The second-order valence-electron chi connectivity index (χ2n) is 6.55. The molecule has 0 saturated heterocycles. The molecule has 1 N–H and O–H groups in total. The number of fused-ring (bicyclic) bond motifs is 3. The standard InChI is InChI=1S/C19H21ClN4/c1-12-15-8-14(20)9-16(13-4-5-18(22-10-13)23(2)3)19(15)24-7-6-21-11-17(12)24/h4-5,8-10,21H,6-7,11H2,1-3H3. The summed E-state index contributed by atoms with van der Waals surface area (Å²) in [4.78, 5) is 6.58.